The predicted molar refractivity (Wildman–Crippen MR) is 55.6 cm³/mol. The fourth-order valence-electron chi connectivity index (χ4n) is 1.38. The van der Waals surface area contributed by atoms with Gasteiger partial charge in [-0.05, 0) is 13.3 Å². The molecule has 1 heterocycles. The first-order valence-electron chi connectivity index (χ1n) is 4.83. The quantitative estimate of drug-likeness (QED) is 0.611. The summed E-state index contributed by atoms with van der Waals surface area (Å²) < 4.78 is 0. The lowest BCUT2D eigenvalue weighted by Gasteiger charge is -2.03. The summed E-state index contributed by atoms with van der Waals surface area (Å²) >= 11 is 0. The standard InChI is InChI=1S/C10H13N3O2/c1-5-2-9(14)6(4-12-5)10(15)13-8-3-7(8)11/h2,4,7-8H,3,11H2,1H3,(H,12,14)(H,13,15). The Balaban J connectivity index is 2.15. The van der Waals surface area contributed by atoms with E-state index in [9.17, 15) is 9.59 Å². The van der Waals surface area contributed by atoms with Crippen LogP contribution < -0.4 is 16.5 Å². The van der Waals surface area contributed by atoms with Crippen molar-refractivity contribution in [2.24, 2.45) is 5.73 Å². The van der Waals surface area contributed by atoms with Gasteiger partial charge in [0.25, 0.3) is 5.91 Å². The molecule has 1 amide bonds. The molecular weight excluding hydrogens is 194 g/mol. The predicted octanol–water partition coefficient (Wildman–Crippen LogP) is -0.487. The van der Waals surface area contributed by atoms with E-state index in [1.165, 1.54) is 12.3 Å². The highest BCUT2D eigenvalue weighted by Crippen LogP contribution is 2.17. The summed E-state index contributed by atoms with van der Waals surface area (Å²) in [6.45, 7) is 1.76. The minimum atomic E-state index is -0.353. The monoisotopic (exact) mass is 207 g/mol. The van der Waals surface area contributed by atoms with Crippen molar-refractivity contribution in [3.63, 3.8) is 0 Å². The molecule has 0 bridgehead atoms. The first-order chi connectivity index (χ1) is 7.08. The summed E-state index contributed by atoms with van der Waals surface area (Å²) in [7, 11) is 0. The van der Waals surface area contributed by atoms with E-state index < -0.39 is 0 Å². The third-order valence-electron chi connectivity index (χ3n) is 2.46. The number of pyridine rings is 1. The van der Waals surface area contributed by atoms with Crippen LogP contribution in [0, 0.1) is 6.92 Å². The van der Waals surface area contributed by atoms with Gasteiger partial charge in [-0.2, -0.15) is 0 Å². The first kappa shape index (κ1) is 9.92. The zero-order valence-corrected chi connectivity index (χ0v) is 8.41. The molecule has 4 N–H and O–H groups in total. The van der Waals surface area contributed by atoms with Gasteiger partial charge in [-0.3, -0.25) is 9.59 Å². The number of aromatic amines is 1. The lowest BCUT2D eigenvalue weighted by atomic mass is 10.2. The van der Waals surface area contributed by atoms with E-state index >= 15 is 0 Å². The number of aryl methyl sites for hydroxylation is 1. The summed E-state index contributed by atoms with van der Waals surface area (Å²) in [6, 6.07) is 1.47. The van der Waals surface area contributed by atoms with Crippen LogP contribution >= 0.6 is 0 Å². The van der Waals surface area contributed by atoms with Gasteiger partial charge in [-0.25, -0.2) is 0 Å². The van der Waals surface area contributed by atoms with E-state index in [0.717, 1.165) is 12.1 Å². The number of aromatic nitrogens is 1. The molecule has 1 saturated carbocycles. The van der Waals surface area contributed by atoms with Crippen molar-refractivity contribution in [1.82, 2.24) is 10.3 Å². The van der Waals surface area contributed by atoms with E-state index in [-0.39, 0.29) is 29.0 Å². The van der Waals surface area contributed by atoms with Crippen molar-refractivity contribution in [1.29, 1.82) is 0 Å². The van der Waals surface area contributed by atoms with Gasteiger partial charge in [0.15, 0.2) is 5.43 Å². The summed E-state index contributed by atoms with van der Waals surface area (Å²) in [6.07, 6.45) is 2.22. The number of rotatable bonds is 2. The van der Waals surface area contributed by atoms with Gasteiger partial charge in [0.1, 0.15) is 5.56 Å². The van der Waals surface area contributed by atoms with E-state index in [0.29, 0.717) is 0 Å². The Morgan fingerprint density at radius 1 is 1.67 bits per heavy atom. The Hall–Kier alpha value is -1.62. The molecule has 1 aliphatic carbocycles. The average molecular weight is 207 g/mol. The average Bonchev–Trinajstić information content (AvgIpc) is 2.81. The highest BCUT2D eigenvalue weighted by Gasteiger charge is 2.35. The Labute approximate surface area is 86.7 Å². The number of nitrogens with one attached hydrogen (secondary N) is 2. The minimum Gasteiger partial charge on any atom is -0.364 e. The summed E-state index contributed by atoms with van der Waals surface area (Å²) in [5.74, 6) is -0.353. The molecule has 0 saturated heterocycles. The molecular formula is C10H13N3O2. The summed E-state index contributed by atoms with van der Waals surface area (Å²) in [5, 5.41) is 2.70. The summed E-state index contributed by atoms with van der Waals surface area (Å²) in [4.78, 5) is 25.9. The Morgan fingerprint density at radius 2 is 2.33 bits per heavy atom. The molecule has 15 heavy (non-hydrogen) atoms. The lowest BCUT2D eigenvalue weighted by Crippen LogP contribution is -2.33. The van der Waals surface area contributed by atoms with Gasteiger partial charge in [-0.15, -0.1) is 0 Å². The molecule has 2 atom stereocenters. The number of hydrogen-bond acceptors (Lipinski definition) is 3. The highest BCUT2D eigenvalue weighted by atomic mass is 16.2. The molecule has 2 unspecified atom stereocenters. The Morgan fingerprint density at radius 3 is 2.87 bits per heavy atom. The fourth-order valence-corrected chi connectivity index (χ4v) is 1.38. The van der Waals surface area contributed by atoms with Gasteiger partial charge in [0.05, 0.1) is 0 Å². The van der Waals surface area contributed by atoms with Crippen LogP contribution in [0.2, 0.25) is 0 Å². The lowest BCUT2D eigenvalue weighted by molar-refractivity contribution is 0.0949. The molecule has 1 aromatic rings. The van der Waals surface area contributed by atoms with Crippen molar-refractivity contribution in [2.75, 3.05) is 0 Å². The molecule has 1 aromatic heterocycles. The molecule has 1 fully saturated rings. The van der Waals surface area contributed by atoms with Crippen LogP contribution in [0.5, 0.6) is 0 Å². The molecule has 0 aromatic carbocycles. The SMILES string of the molecule is Cc1cc(=O)c(C(=O)NC2CC2N)c[nH]1. The van der Waals surface area contributed by atoms with Gasteiger partial charge >= 0.3 is 0 Å². The molecule has 1 aliphatic rings. The van der Waals surface area contributed by atoms with Gasteiger partial charge in [0, 0.05) is 30.0 Å². The zero-order chi connectivity index (χ0) is 11.0. The van der Waals surface area contributed by atoms with Gasteiger partial charge in [-0.1, -0.05) is 0 Å². The molecule has 0 aliphatic heterocycles. The minimum absolute atomic E-state index is 0.0261. The van der Waals surface area contributed by atoms with Crippen molar-refractivity contribution >= 4 is 5.91 Å². The molecule has 0 spiro atoms. The maximum absolute atomic E-state index is 11.6. The largest absolute Gasteiger partial charge is 0.364 e. The van der Waals surface area contributed by atoms with Crippen LogP contribution in [0.1, 0.15) is 22.5 Å². The van der Waals surface area contributed by atoms with E-state index in [2.05, 4.69) is 10.3 Å². The van der Waals surface area contributed by atoms with Crippen LogP contribution in [-0.2, 0) is 0 Å². The number of nitrogens with two attached hydrogens (primary N) is 1. The van der Waals surface area contributed by atoms with Crippen molar-refractivity contribution < 1.29 is 4.79 Å². The van der Waals surface area contributed by atoms with Crippen molar-refractivity contribution in [3.8, 4) is 0 Å². The van der Waals surface area contributed by atoms with Crippen LogP contribution in [0.15, 0.2) is 17.1 Å². The van der Waals surface area contributed by atoms with Crippen molar-refractivity contribution in [3.05, 3.63) is 33.7 Å². The fraction of sp³-hybridized carbons (Fsp3) is 0.400. The number of carbonyl (C=O) groups excluding carboxylic acids is 1. The smallest absolute Gasteiger partial charge is 0.257 e. The second kappa shape index (κ2) is 3.51. The van der Waals surface area contributed by atoms with Crippen LogP contribution in [-0.4, -0.2) is 23.0 Å². The molecule has 80 valence electrons. The van der Waals surface area contributed by atoms with E-state index in [4.69, 9.17) is 5.73 Å². The van der Waals surface area contributed by atoms with Gasteiger partial charge in [0.2, 0.25) is 0 Å². The second-order valence-electron chi connectivity index (χ2n) is 3.87. The number of amides is 1. The molecule has 0 radical (unpaired) electrons. The first-order valence-corrected chi connectivity index (χ1v) is 4.83. The van der Waals surface area contributed by atoms with E-state index in [1.54, 1.807) is 6.92 Å². The zero-order valence-electron chi connectivity index (χ0n) is 8.41. The maximum atomic E-state index is 11.6. The third kappa shape index (κ3) is 2.07. The molecule has 5 heteroatoms. The Kier molecular flexibility index (Phi) is 2.32. The summed E-state index contributed by atoms with van der Waals surface area (Å²) in [5.41, 5.74) is 6.16. The Bertz CT molecular complexity index is 452. The maximum Gasteiger partial charge on any atom is 0.257 e. The van der Waals surface area contributed by atoms with Crippen LogP contribution in [0.3, 0.4) is 0 Å². The van der Waals surface area contributed by atoms with E-state index in [1.807, 2.05) is 0 Å². The number of carbonyl (C=O) groups is 1. The number of hydrogen-bond donors (Lipinski definition) is 3. The topological polar surface area (TPSA) is 88.0 Å². The van der Waals surface area contributed by atoms with Crippen molar-refractivity contribution in [2.45, 2.75) is 25.4 Å². The second-order valence-corrected chi connectivity index (χ2v) is 3.87. The molecule has 5 nitrogen and oxygen atoms in total. The number of H-pyrrole nitrogens is 1. The third-order valence-corrected chi connectivity index (χ3v) is 2.46. The molecule has 2 rings (SSSR count). The van der Waals surface area contributed by atoms with Gasteiger partial charge < -0.3 is 16.0 Å². The van der Waals surface area contributed by atoms with Crippen LogP contribution in [0.4, 0.5) is 0 Å². The van der Waals surface area contributed by atoms with Crippen LogP contribution in [0.25, 0.3) is 0 Å². The highest BCUT2D eigenvalue weighted by molar-refractivity contribution is 5.94. The normalized spacial score (nSPS) is 23.6.